The van der Waals surface area contributed by atoms with Crippen molar-refractivity contribution in [2.24, 2.45) is 11.8 Å². The van der Waals surface area contributed by atoms with Gasteiger partial charge in [0, 0.05) is 11.3 Å². The topological polar surface area (TPSA) is 66.4 Å². The quantitative estimate of drug-likeness (QED) is 0.801. The molecule has 2 saturated carbocycles. The summed E-state index contributed by atoms with van der Waals surface area (Å²) in [6, 6.07) is 0. The van der Waals surface area contributed by atoms with E-state index >= 15 is 0 Å². The van der Waals surface area contributed by atoms with Gasteiger partial charge >= 0.3 is 5.97 Å². The number of hydrogen-bond donors (Lipinski definition) is 2. The van der Waals surface area contributed by atoms with Crippen LogP contribution < -0.4 is 5.32 Å². The number of nitrogens with one attached hydrogen (secondary N) is 1. The molecule has 1 amide bonds. The minimum Gasteiger partial charge on any atom is -0.481 e. The molecule has 2 aliphatic carbocycles. The van der Waals surface area contributed by atoms with Crippen molar-refractivity contribution in [3.8, 4) is 0 Å². The maximum absolute atomic E-state index is 12.1. The van der Waals surface area contributed by atoms with E-state index in [1.165, 1.54) is 0 Å². The third kappa shape index (κ3) is 2.99. The Morgan fingerprint density at radius 3 is 2.39 bits per heavy atom. The van der Waals surface area contributed by atoms with Crippen molar-refractivity contribution < 1.29 is 14.7 Å². The summed E-state index contributed by atoms with van der Waals surface area (Å²) in [6.45, 7) is 0.690. The first-order valence-corrected chi connectivity index (χ1v) is 7.86. The molecule has 2 unspecified atom stereocenters. The zero-order valence-corrected chi connectivity index (χ0v) is 11.6. The molecule has 102 valence electrons. The molecule has 0 aromatic rings. The molecule has 18 heavy (non-hydrogen) atoms. The van der Waals surface area contributed by atoms with Crippen LogP contribution in [0.5, 0.6) is 0 Å². The average Bonchev–Trinajstić information content (AvgIpc) is 3.16. The summed E-state index contributed by atoms with van der Waals surface area (Å²) in [5.41, 5.74) is 0. The minimum absolute atomic E-state index is 0.0533. The Hall–Kier alpha value is -0.710. The van der Waals surface area contributed by atoms with Crippen molar-refractivity contribution in [1.29, 1.82) is 0 Å². The molecule has 0 heterocycles. The standard InChI is InChI=1S/C13H21NO3S/c1-18-13(6-7-13)8-14-11(15)9-4-2-3-5-10(9)12(16)17/h9-10H,2-8H2,1H3,(H,14,15)(H,16,17). The number of hydrogen-bond acceptors (Lipinski definition) is 3. The largest absolute Gasteiger partial charge is 0.481 e. The Bertz CT molecular complexity index is 341. The Morgan fingerprint density at radius 1 is 1.28 bits per heavy atom. The third-order valence-electron chi connectivity index (χ3n) is 4.25. The van der Waals surface area contributed by atoms with Gasteiger partial charge in [-0.3, -0.25) is 9.59 Å². The van der Waals surface area contributed by atoms with Gasteiger partial charge in [0.05, 0.1) is 11.8 Å². The van der Waals surface area contributed by atoms with Crippen molar-refractivity contribution in [3.05, 3.63) is 0 Å². The number of aliphatic carboxylic acids is 1. The fraction of sp³-hybridized carbons (Fsp3) is 0.846. The molecule has 0 aromatic heterocycles. The van der Waals surface area contributed by atoms with Crippen LogP contribution in [0.4, 0.5) is 0 Å². The molecule has 2 N–H and O–H groups in total. The van der Waals surface area contributed by atoms with Crippen molar-refractivity contribution in [2.75, 3.05) is 12.8 Å². The number of carbonyl (C=O) groups excluding carboxylic acids is 1. The highest BCUT2D eigenvalue weighted by molar-refractivity contribution is 8.00. The van der Waals surface area contributed by atoms with Gasteiger partial charge in [0.15, 0.2) is 0 Å². The van der Waals surface area contributed by atoms with E-state index in [-0.39, 0.29) is 16.6 Å². The van der Waals surface area contributed by atoms with E-state index in [0.717, 1.165) is 32.1 Å². The molecule has 0 spiro atoms. The first-order chi connectivity index (χ1) is 8.58. The van der Waals surface area contributed by atoms with Gasteiger partial charge in [-0.25, -0.2) is 0 Å². The van der Waals surface area contributed by atoms with Crippen LogP contribution in [0.15, 0.2) is 0 Å². The maximum atomic E-state index is 12.1. The molecule has 0 bridgehead atoms. The molecule has 0 aromatic carbocycles. The second-order valence-corrected chi connectivity index (χ2v) is 6.71. The molecule has 0 aliphatic heterocycles. The first-order valence-electron chi connectivity index (χ1n) is 6.64. The fourth-order valence-corrected chi connectivity index (χ4v) is 3.44. The second kappa shape index (κ2) is 5.51. The van der Waals surface area contributed by atoms with Crippen LogP contribution >= 0.6 is 11.8 Å². The first kappa shape index (κ1) is 13.7. The molecule has 2 aliphatic rings. The van der Waals surface area contributed by atoms with Crippen LogP contribution in [0.1, 0.15) is 38.5 Å². The highest BCUT2D eigenvalue weighted by Crippen LogP contribution is 2.46. The summed E-state index contributed by atoms with van der Waals surface area (Å²) in [6.07, 6.45) is 7.63. The summed E-state index contributed by atoms with van der Waals surface area (Å²) < 4.78 is 0.239. The Morgan fingerprint density at radius 2 is 1.89 bits per heavy atom. The van der Waals surface area contributed by atoms with E-state index in [1.807, 2.05) is 0 Å². The number of carboxylic acids is 1. The molecule has 4 nitrogen and oxygen atoms in total. The van der Waals surface area contributed by atoms with Crippen molar-refractivity contribution >= 4 is 23.6 Å². The smallest absolute Gasteiger partial charge is 0.307 e. The Labute approximate surface area is 112 Å². The van der Waals surface area contributed by atoms with Crippen molar-refractivity contribution in [3.63, 3.8) is 0 Å². The molecule has 2 fully saturated rings. The van der Waals surface area contributed by atoms with Crippen LogP contribution in [0, 0.1) is 11.8 Å². The minimum atomic E-state index is -0.819. The van der Waals surface area contributed by atoms with Crippen LogP contribution in [0.2, 0.25) is 0 Å². The average molecular weight is 271 g/mol. The summed E-state index contributed by atoms with van der Waals surface area (Å²) in [5.74, 6) is -1.68. The van der Waals surface area contributed by atoms with E-state index in [4.69, 9.17) is 5.11 Å². The predicted molar refractivity (Wildman–Crippen MR) is 71.6 cm³/mol. The number of carbonyl (C=O) groups is 2. The number of rotatable bonds is 5. The fourth-order valence-electron chi connectivity index (χ4n) is 2.71. The lowest BCUT2D eigenvalue weighted by Crippen LogP contribution is -2.42. The van der Waals surface area contributed by atoms with E-state index in [9.17, 15) is 9.59 Å². The molecule has 2 atom stereocenters. The van der Waals surface area contributed by atoms with Gasteiger partial charge in [0.1, 0.15) is 0 Å². The van der Waals surface area contributed by atoms with Gasteiger partial charge in [-0.15, -0.1) is 0 Å². The Kier molecular flexibility index (Phi) is 4.20. The maximum Gasteiger partial charge on any atom is 0.307 e. The van der Waals surface area contributed by atoms with Gasteiger partial charge in [-0.05, 0) is 31.9 Å². The summed E-state index contributed by atoms with van der Waals surface area (Å²) >= 11 is 1.80. The van der Waals surface area contributed by atoms with Crippen LogP contribution in [0.3, 0.4) is 0 Å². The van der Waals surface area contributed by atoms with E-state index in [0.29, 0.717) is 13.0 Å². The lowest BCUT2D eigenvalue weighted by Gasteiger charge is -2.28. The van der Waals surface area contributed by atoms with Gasteiger partial charge in [-0.2, -0.15) is 11.8 Å². The highest BCUT2D eigenvalue weighted by atomic mass is 32.2. The van der Waals surface area contributed by atoms with Gasteiger partial charge < -0.3 is 10.4 Å². The zero-order valence-electron chi connectivity index (χ0n) is 10.8. The van der Waals surface area contributed by atoms with Crippen LogP contribution in [-0.2, 0) is 9.59 Å². The number of thioether (sulfide) groups is 1. The monoisotopic (exact) mass is 271 g/mol. The van der Waals surface area contributed by atoms with Crippen molar-refractivity contribution in [2.45, 2.75) is 43.3 Å². The predicted octanol–water partition coefficient (Wildman–Crippen LogP) is 1.89. The third-order valence-corrected chi connectivity index (χ3v) is 5.66. The Balaban J connectivity index is 1.88. The lowest BCUT2D eigenvalue weighted by molar-refractivity contribution is -0.148. The lowest BCUT2D eigenvalue weighted by atomic mass is 9.78. The molecule has 5 heteroatoms. The van der Waals surface area contributed by atoms with Crippen LogP contribution in [0.25, 0.3) is 0 Å². The molecule has 2 rings (SSSR count). The van der Waals surface area contributed by atoms with Gasteiger partial charge in [0.2, 0.25) is 5.91 Å². The van der Waals surface area contributed by atoms with Gasteiger partial charge in [-0.1, -0.05) is 12.8 Å². The van der Waals surface area contributed by atoms with E-state index in [2.05, 4.69) is 11.6 Å². The number of amides is 1. The zero-order chi connectivity index (χ0) is 13.2. The highest BCUT2D eigenvalue weighted by Gasteiger charge is 2.43. The van der Waals surface area contributed by atoms with E-state index in [1.54, 1.807) is 11.8 Å². The molecular weight excluding hydrogens is 250 g/mol. The second-order valence-electron chi connectivity index (χ2n) is 5.44. The number of carboxylic acid groups (broad SMARTS) is 1. The SMILES string of the molecule is CSC1(CNC(=O)C2CCCCC2C(=O)O)CC1. The summed E-state index contributed by atoms with van der Waals surface area (Å²) in [5, 5.41) is 12.1. The summed E-state index contributed by atoms with van der Waals surface area (Å²) in [4.78, 5) is 23.3. The van der Waals surface area contributed by atoms with Crippen LogP contribution in [-0.4, -0.2) is 34.5 Å². The molecular formula is C13H21NO3S. The van der Waals surface area contributed by atoms with Crippen molar-refractivity contribution in [1.82, 2.24) is 5.32 Å². The van der Waals surface area contributed by atoms with Gasteiger partial charge in [0.25, 0.3) is 0 Å². The van der Waals surface area contributed by atoms with E-state index < -0.39 is 11.9 Å². The normalized spacial score (nSPS) is 29.6. The summed E-state index contributed by atoms with van der Waals surface area (Å²) in [7, 11) is 0. The molecule has 0 saturated heterocycles. The molecule has 0 radical (unpaired) electrons.